The van der Waals surface area contributed by atoms with E-state index in [2.05, 4.69) is 4.90 Å². The van der Waals surface area contributed by atoms with Crippen LogP contribution in [0.3, 0.4) is 0 Å². The van der Waals surface area contributed by atoms with Crippen molar-refractivity contribution in [3.63, 3.8) is 0 Å². The predicted octanol–water partition coefficient (Wildman–Crippen LogP) is 1.39. The highest BCUT2D eigenvalue weighted by atomic mass is 19.1. The topological polar surface area (TPSA) is 75.9 Å². The molecule has 2 saturated heterocycles. The zero-order valence-electron chi connectivity index (χ0n) is 15.0. The minimum absolute atomic E-state index is 0.0236. The molecule has 7 heteroatoms. The Hall–Kier alpha value is -2.15. The molecule has 1 aromatic rings. The van der Waals surface area contributed by atoms with Gasteiger partial charge in [0.15, 0.2) is 0 Å². The summed E-state index contributed by atoms with van der Waals surface area (Å²) in [5.74, 6) is -0.0156. The Kier molecular flexibility index (Phi) is 5.76. The van der Waals surface area contributed by atoms with Crippen LogP contribution >= 0.6 is 0 Å². The molecule has 0 aliphatic carbocycles. The molecule has 142 valence electrons. The number of nitrogens with zero attached hydrogens (tertiary/aromatic N) is 2. The number of carbonyl (C=O) groups is 2. The van der Waals surface area contributed by atoms with Crippen molar-refractivity contribution in [2.75, 3.05) is 39.3 Å². The molecule has 26 heavy (non-hydrogen) atoms. The molecule has 6 nitrogen and oxygen atoms in total. The molecule has 3 rings (SSSR count). The molecule has 0 unspecified atom stereocenters. The Morgan fingerprint density at radius 1 is 1.19 bits per heavy atom. The number of amides is 2. The van der Waals surface area contributed by atoms with Crippen LogP contribution in [0, 0.1) is 11.2 Å². The summed E-state index contributed by atoms with van der Waals surface area (Å²) in [5.41, 5.74) is 5.37. The number of benzene rings is 1. The third-order valence-corrected chi connectivity index (χ3v) is 5.50. The summed E-state index contributed by atoms with van der Waals surface area (Å²) in [6, 6.07) is 6.05. The molecule has 0 radical (unpaired) electrons. The standard InChI is InChI=1S/C19H26FN3O3/c20-15-1-3-16(4-2-15)26-12-11-22-9-7-19(8-10-22)6-5-18(25)23(14-19)13-17(21)24/h1-4H,5-14H2,(H2,21,24). The lowest BCUT2D eigenvalue weighted by molar-refractivity contribution is -0.142. The minimum atomic E-state index is -0.453. The Labute approximate surface area is 153 Å². The summed E-state index contributed by atoms with van der Waals surface area (Å²) < 4.78 is 18.5. The van der Waals surface area contributed by atoms with Crippen LogP contribution < -0.4 is 10.5 Å². The summed E-state index contributed by atoms with van der Waals surface area (Å²) in [5, 5.41) is 0. The molecule has 0 atom stereocenters. The lowest BCUT2D eigenvalue weighted by atomic mass is 9.72. The number of nitrogens with two attached hydrogens (primary N) is 1. The normalized spacial score (nSPS) is 20.3. The number of ether oxygens (including phenoxy) is 1. The average Bonchev–Trinajstić information content (AvgIpc) is 2.61. The molecular formula is C19H26FN3O3. The van der Waals surface area contributed by atoms with Gasteiger partial charge in [-0.2, -0.15) is 0 Å². The highest BCUT2D eigenvalue weighted by molar-refractivity contribution is 5.84. The van der Waals surface area contributed by atoms with E-state index in [4.69, 9.17) is 10.5 Å². The van der Waals surface area contributed by atoms with Gasteiger partial charge in [0.1, 0.15) is 18.2 Å². The number of halogens is 1. The number of likely N-dealkylation sites (tertiary alicyclic amines) is 2. The van der Waals surface area contributed by atoms with Crippen LogP contribution in [-0.2, 0) is 9.59 Å². The van der Waals surface area contributed by atoms with E-state index in [0.29, 0.717) is 25.3 Å². The molecule has 2 aliphatic rings. The Balaban J connectivity index is 1.44. The molecule has 2 heterocycles. The van der Waals surface area contributed by atoms with E-state index < -0.39 is 5.91 Å². The highest BCUT2D eigenvalue weighted by Gasteiger charge is 2.41. The minimum Gasteiger partial charge on any atom is -0.492 e. The Morgan fingerprint density at radius 2 is 1.88 bits per heavy atom. The van der Waals surface area contributed by atoms with Crippen molar-refractivity contribution in [2.45, 2.75) is 25.7 Å². The van der Waals surface area contributed by atoms with Gasteiger partial charge in [0, 0.05) is 19.5 Å². The number of hydrogen-bond donors (Lipinski definition) is 1. The number of primary amides is 1. The average molecular weight is 363 g/mol. The zero-order valence-corrected chi connectivity index (χ0v) is 15.0. The third kappa shape index (κ3) is 4.72. The molecule has 0 bridgehead atoms. The van der Waals surface area contributed by atoms with Crippen molar-refractivity contribution in [1.82, 2.24) is 9.80 Å². The van der Waals surface area contributed by atoms with E-state index in [1.165, 1.54) is 12.1 Å². The van der Waals surface area contributed by atoms with Crippen molar-refractivity contribution in [2.24, 2.45) is 11.1 Å². The second-order valence-corrected chi connectivity index (χ2v) is 7.36. The van der Waals surface area contributed by atoms with Crippen molar-refractivity contribution in [3.8, 4) is 5.75 Å². The Bertz CT molecular complexity index is 642. The van der Waals surface area contributed by atoms with Gasteiger partial charge in [-0.05, 0) is 62.0 Å². The maximum atomic E-state index is 12.9. The van der Waals surface area contributed by atoms with Gasteiger partial charge >= 0.3 is 0 Å². The maximum absolute atomic E-state index is 12.9. The second kappa shape index (κ2) is 8.03. The van der Waals surface area contributed by atoms with Gasteiger partial charge in [-0.3, -0.25) is 14.5 Å². The first-order valence-electron chi connectivity index (χ1n) is 9.13. The molecule has 2 aliphatic heterocycles. The van der Waals surface area contributed by atoms with E-state index >= 15 is 0 Å². The van der Waals surface area contributed by atoms with Crippen LogP contribution in [0.15, 0.2) is 24.3 Å². The monoisotopic (exact) mass is 363 g/mol. The summed E-state index contributed by atoms with van der Waals surface area (Å²) in [6.07, 6.45) is 3.40. The van der Waals surface area contributed by atoms with Crippen LogP contribution in [0.2, 0.25) is 0 Å². The lowest BCUT2D eigenvalue weighted by Gasteiger charge is -2.47. The fourth-order valence-corrected chi connectivity index (χ4v) is 3.92. The van der Waals surface area contributed by atoms with E-state index in [-0.39, 0.29) is 23.7 Å². The maximum Gasteiger partial charge on any atom is 0.237 e. The molecule has 1 spiro atoms. The van der Waals surface area contributed by atoms with Crippen LogP contribution in [-0.4, -0.2) is 60.9 Å². The van der Waals surface area contributed by atoms with E-state index in [0.717, 1.165) is 38.9 Å². The smallest absolute Gasteiger partial charge is 0.237 e. The number of rotatable bonds is 6. The molecule has 2 N–H and O–H groups in total. The highest BCUT2D eigenvalue weighted by Crippen LogP contribution is 2.40. The molecular weight excluding hydrogens is 337 g/mol. The van der Waals surface area contributed by atoms with E-state index in [1.54, 1.807) is 17.0 Å². The van der Waals surface area contributed by atoms with Gasteiger partial charge in [-0.25, -0.2) is 4.39 Å². The quantitative estimate of drug-likeness (QED) is 0.829. The van der Waals surface area contributed by atoms with Crippen LogP contribution in [0.1, 0.15) is 25.7 Å². The van der Waals surface area contributed by atoms with Gasteiger partial charge in [0.2, 0.25) is 11.8 Å². The Morgan fingerprint density at radius 3 is 2.54 bits per heavy atom. The number of carbonyl (C=O) groups excluding carboxylic acids is 2. The molecule has 0 aromatic heterocycles. The van der Waals surface area contributed by atoms with Gasteiger partial charge in [0.25, 0.3) is 0 Å². The van der Waals surface area contributed by atoms with Crippen molar-refractivity contribution < 1.29 is 18.7 Å². The van der Waals surface area contributed by atoms with E-state index in [9.17, 15) is 14.0 Å². The lowest BCUT2D eigenvalue weighted by Crippen LogP contribution is -2.53. The van der Waals surface area contributed by atoms with Gasteiger partial charge < -0.3 is 15.4 Å². The first kappa shape index (κ1) is 18.6. The largest absolute Gasteiger partial charge is 0.492 e. The van der Waals surface area contributed by atoms with Crippen molar-refractivity contribution in [3.05, 3.63) is 30.1 Å². The van der Waals surface area contributed by atoms with Crippen molar-refractivity contribution >= 4 is 11.8 Å². The van der Waals surface area contributed by atoms with Crippen LogP contribution in [0.25, 0.3) is 0 Å². The molecule has 0 saturated carbocycles. The summed E-state index contributed by atoms with van der Waals surface area (Å²) in [7, 11) is 0. The van der Waals surface area contributed by atoms with Crippen LogP contribution in [0.4, 0.5) is 4.39 Å². The van der Waals surface area contributed by atoms with Crippen molar-refractivity contribution in [1.29, 1.82) is 0 Å². The zero-order chi connectivity index (χ0) is 18.6. The fraction of sp³-hybridized carbons (Fsp3) is 0.579. The van der Waals surface area contributed by atoms with Gasteiger partial charge in [-0.15, -0.1) is 0 Å². The molecule has 2 fully saturated rings. The van der Waals surface area contributed by atoms with E-state index in [1.807, 2.05) is 0 Å². The SMILES string of the molecule is NC(=O)CN1CC2(CCC1=O)CCN(CCOc1ccc(F)cc1)CC2. The number of piperidine rings is 2. The predicted molar refractivity (Wildman–Crippen MR) is 95.0 cm³/mol. The van der Waals surface area contributed by atoms with Crippen LogP contribution in [0.5, 0.6) is 5.75 Å². The second-order valence-electron chi connectivity index (χ2n) is 7.36. The first-order chi connectivity index (χ1) is 12.5. The molecule has 2 amide bonds. The summed E-state index contributed by atoms with van der Waals surface area (Å²) in [4.78, 5) is 27.1. The first-order valence-corrected chi connectivity index (χ1v) is 9.13. The van der Waals surface area contributed by atoms with Gasteiger partial charge in [0.05, 0.1) is 6.54 Å². The summed E-state index contributed by atoms with van der Waals surface area (Å²) in [6.45, 7) is 3.93. The number of hydrogen-bond acceptors (Lipinski definition) is 4. The van der Waals surface area contributed by atoms with Gasteiger partial charge in [-0.1, -0.05) is 0 Å². The third-order valence-electron chi connectivity index (χ3n) is 5.50. The summed E-state index contributed by atoms with van der Waals surface area (Å²) >= 11 is 0. The molecule has 1 aromatic carbocycles. The fourth-order valence-electron chi connectivity index (χ4n) is 3.92.